The molecule has 1 amide bonds. The van der Waals surface area contributed by atoms with E-state index in [1.807, 2.05) is 38.1 Å². The lowest BCUT2D eigenvalue weighted by molar-refractivity contribution is -0.117. The lowest BCUT2D eigenvalue weighted by Crippen LogP contribution is -2.36. The van der Waals surface area contributed by atoms with Crippen LogP contribution in [0.25, 0.3) is 10.2 Å². The summed E-state index contributed by atoms with van der Waals surface area (Å²) in [4.78, 5) is 16.2. The maximum atomic E-state index is 11.9. The van der Waals surface area contributed by atoms with E-state index in [9.17, 15) is 4.79 Å². The van der Waals surface area contributed by atoms with Crippen molar-refractivity contribution < 1.29 is 4.79 Å². The minimum atomic E-state index is -0.475. The number of amides is 1. The summed E-state index contributed by atoms with van der Waals surface area (Å²) in [7, 11) is 0. The Kier molecular flexibility index (Phi) is 5.72. The summed E-state index contributed by atoms with van der Waals surface area (Å²) in [5.41, 5.74) is 6.72. The molecule has 6 heteroatoms. The monoisotopic (exact) mass is 299 g/mol. The number of carbonyl (C=O) groups excluding carboxylic acids is 1. The molecule has 1 aromatic carbocycles. The van der Waals surface area contributed by atoms with Gasteiger partial charge in [-0.3, -0.25) is 4.79 Å². The second-order valence-corrected chi connectivity index (χ2v) is 5.74. The van der Waals surface area contributed by atoms with Crippen LogP contribution in [0.5, 0.6) is 0 Å². The van der Waals surface area contributed by atoms with Crippen LogP contribution in [0.1, 0.15) is 20.3 Å². The van der Waals surface area contributed by atoms with Gasteiger partial charge in [0.1, 0.15) is 0 Å². The summed E-state index contributed by atoms with van der Waals surface area (Å²) in [6, 6.07) is 7.32. The van der Waals surface area contributed by atoms with Crippen molar-refractivity contribution in [3.63, 3.8) is 0 Å². The van der Waals surface area contributed by atoms with Crippen molar-refractivity contribution in [2.45, 2.75) is 26.3 Å². The lowest BCUT2D eigenvalue weighted by atomic mass is 10.0. The number of nitrogens with zero attached hydrogens (tertiary/aromatic N) is 1. The van der Waals surface area contributed by atoms with Crippen molar-refractivity contribution in [1.29, 1.82) is 0 Å². The Balaban J connectivity index is 0.00000180. The van der Waals surface area contributed by atoms with E-state index in [2.05, 4.69) is 10.3 Å². The highest BCUT2D eigenvalue weighted by atomic mass is 35.5. The number of hydrogen-bond donors (Lipinski definition) is 2. The molecule has 0 radical (unpaired) electrons. The third-order valence-corrected chi connectivity index (χ3v) is 3.54. The van der Waals surface area contributed by atoms with Crippen molar-refractivity contribution in [1.82, 2.24) is 4.98 Å². The van der Waals surface area contributed by atoms with Crippen LogP contribution < -0.4 is 11.1 Å². The first kappa shape index (κ1) is 15.9. The average Bonchev–Trinajstić information content (AvgIpc) is 2.69. The molecule has 2 rings (SSSR count). The second-order valence-electron chi connectivity index (χ2n) is 4.71. The number of rotatable bonds is 4. The van der Waals surface area contributed by atoms with Crippen LogP contribution in [0.3, 0.4) is 0 Å². The number of halogens is 1. The summed E-state index contributed by atoms with van der Waals surface area (Å²) in [6.45, 7) is 4.09. The van der Waals surface area contributed by atoms with Crippen LogP contribution >= 0.6 is 23.7 Å². The van der Waals surface area contributed by atoms with Crippen LogP contribution in [0.2, 0.25) is 0 Å². The van der Waals surface area contributed by atoms with Crippen LogP contribution in [-0.2, 0) is 4.79 Å². The zero-order valence-corrected chi connectivity index (χ0v) is 12.6. The molecule has 2 aromatic rings. The molecule has 104 valence electrons. The minimum Gasteiger partial charge on any atom is -0.320 e. The van der Waals surface area contributed by atoms with Gasteiger partial charge in [-0.1, -0.05) is 37.3 Å². The lowest BCUT2D eigenvalue weighted by Gasteiger charge is -2.12. The molecule has 0 bridgehead atoms. The van der Waals surface area contributed by atoms with Gasteiger partial charge in [0.05, 0.1) is 16.3 Å². The zero-order valence-electron chi connectivity index (χ0n) is 10.9. The molecule has 19 heavy (non-hydrogen) atoms. The van der Waals surface area contributed by atoms with E-state index < -0.39 is 6.04 Å². The fourth-order valence-corrected chi connectivity index (χ4v) is 2.61. The fourth-order valence-electron chi connectivity index (χ4n) is 1.74. The third kappa shape index (κ3) is 4.16. The predicted octanol–water partition coefficient (Wildman–Crippen LogP) is 3.03. The van der Waals surface area contributed by atoms with Gasteiger partial charge in [-0.15, -0.1) is 12.4 Å². The van der Waals surface area contributed by atoms with Crippen molar-refractivity contribution in [2.75, 3.05) is 5.32 Å². The molecule has 4 nitrogen and oxygen atoms in total. The summed E-state index contributed by atoms with van der Waals surface area (Å²) in [5, 5.41) is 3.39. The maximum Gasteiger partial charge on any atom is 0.243 e. The number of hydrogen-bond acceptors (Lipinski definition) is 4. The van der Waals surface area contributed by atoms with E-state index in [1.54, 1.807) is 0 Å². The summed E-state index contributed by atoms with van der Waals surface area (Å²) in [5.74, 6) is 0.240. The number of nitrogens with one attached hydrogen (secondary N) is 1. The summed E-state index contributed by atoms with van der Waals surface area (Å²) < 4.78 is 1.06. The molecule has 0 fully saturated rings. The van der Waals surface area contributed by atoms with E-state index in [0.29, 0.717) is 17.5 Å². The standard InChI is InChI=1S/C13H17N3OS.ClH/c1-8(2)7-9(14)12(17)16-13-15-10-5-3-4-6-11(10)18-13;/h3-6,8-9H,7,14H2,1-2H3,(H,15,16,17);1H/t9-;/m0./s1. The van der Waals surface area contributed by atoms with Crippen LogP contribution in [0.15, 0.2) is 24.3 Å². The minimum absolute atomic E-state index is 0. The smallest absolute Gasteiger partial charge is 0.243 e. The Hall–Kier alpha value is -1.17. The molecule has 0 aliphatic heterocycles. The molecular weight excluding hydrogens is 282 g/mol. The van der Waals surface area contributed by atoms with Crippen LogP contribution in [0.4, 0.5) is 5.13 Å². The van der Waals surface area contributed by atoms with E-state index in [4.69, 9.17) is 5.73 Å². The maximum absolute atomic E-state index is 11.9. The highest BCUT2D eigenvalue weighted by molar-refractivity contribution is 7.22. The molecule has 1 atom stereocenters. The largest absolute Gasteiger partial charge is 0.320 e. The highest BCUT2D eigenvalue weighted by Gasteiger charge is 2.16. The van der Waals surface area contributed by atoms with Crippen LogP contribution in [-0.4, -0.2) is 16.9 Å². The van der Waals surface area contributed by atoms with Gasteiger partial charge < -0.3 is 11.1 Å². The number of benzene rings is 1. The first-order chi connectivity index (χ1) is 8.56. The number of anilines is 1. The Morgan fingerprint density at radius 2 is 2.11 bits per heavy atom. The van der Waals surface area contributed by atoms with Gasteiger partial charge >= 0.3 is 0 Å². The molecule has 0 unspecified atom stereocenters. The molecule has 0 saturated carbocycles. The predicted molar refractivity (Wildman–Crippen MR) is 82.9 cm³/mol. The van der Waals surface area contributed by atoms with Crippen LogP contribution in [0, 0.1) is 5.92 Å². The number of thiazole rings is 1. The molecule has 0 saturated heterocycles. The normalized spacial score (nSPS) is 12.2. The van der Waals surface area contributed by atoms with Gasteiger partial charge in [0.15, 0.2) is 5.13 Å². The van der Waals surface area contributed by atoms with Gasteiger partial charge in [-0.2, -0.15) is 0 Å². The number of para-hydroxylation sites is 1. The molecule has 1 aromatic heterocycles. The van der Waals surface area contributed by atoms with Crippen molar-refractivity contribution in [3.05, 3.63) is 24.3 Å². The Morgan fingerprint density at radius 1 is 1.42 bits per heavy atom. The van der Waals surface area contributed by atoms with Crippen molar-refractivity contribution >= 4 is 45.0 Å². The fraction of sp³-hybridized carbons (Fsp3) is 0.385. The van der Waals surface area contributed by atoms with Crippen molar-refractivity contribution in [2.24, 2.45) is 11.7 Å². The topological polar surface area (TPSA) is 68.0 Å². The highest BCUT2D eigenvalue weighted by Crippen LogP contribution is 2.25. The average molecular weight is 300 g/mol. The SMILES string of the molecule is CC(C)C[C@H](N)C(=O)Nc1nc2ccccc2s1.Cl. The van der Waals surface area contributed by atoms with Gasteiger partial charge in [0.2, 0.25) is 5.91 Å². The number of carbonyl (C=O) groups is 1. The number of nitrogens with two attached hydrogens (primary N) is 1. The molecular formula is C13H18ClN3OS. The number of aromatic nitrogens is 1. The first-order valence-electron chi connectivity index (χ1n) is 5.98. The van der Waals surface area contributed by atoms with Gasteiger partial charge in [0, 0.05) is 0 Å². The van der Waals surface area contributed by atoms with Gasteiger partial charge in [0.25, 0.3) is 0 Å². The summed E-state index contributed by atoms with van der Waals surface area (Å²) >= 11 is 1.46. The van der Waals surface area contributed by atoms with Gasteiger partial charge in [-0.25, -0.2) is 4.98 Å². The van der Waals surface area contributed by atoms with E-state index >= 15 is 0 Å². The van der Waals surface area contributed by atoms with E-state index in [1.165, 1.54) is 11.3 Å². The van der Waals surface area contributed by atoms with E-state index in [-0.39, 0.29) is 18.3 Å². The third-order valence-electron chi connectivity index (χ3n) is 2.59. The Morgan fingerprint density at radius 3 is 2.74 bits per heavy atom. The van der Waals surface area contributed by atoms with Crippen molar-refractivity contribution in [3.8, 4) is 0 Å². The first-order valence-corrected chi connectivity index (χ1v) is 6.80. The molecule has 3 N–H and O–H groups in total. The second kappa shape index (κ2) is 6.84. The Bertz CT molecular complexity index is 523. The zero-order chi connectivity index (χ0) is 13.1. The van der Waals surface area contributed by atoms with E-state index in [0.717, 1.165) is 10.2 Å². The summed E-state index contributed by atoms with van der Waals surface area (Å²) in [6.07, 6.45) is 0.677. The van der Waals surface area contributed by atoms with Gasteiger partial charge in [-0.05, 0) is 24.5 Å². The molecule has 0 spiro atoms. The Labute approximate surface area is 122 Å². The molecule has 0 aliphatic rings. The molecule has 0 aliphatic carbocycles. The quantitative estimate of drug-likeness (QED) is 0.912. The molecule has 1 heterocycles. The number of fused-ring (bicyclic) bond motifs is 1.